The van der Waals surface area contributed by atoms with E-state index >= 15 is 0 Å². The molecule has 0 saturated carbocycles. The molecule has 0 aliphatic rings. The predicted octanol–water partition coefficient (Wildman–Crippen LogP) is 1.50. The Bertz CT molecular complexity index is 563. The van der Waals surface area contributed by atoms with Gasteiger partial charge in [-0.15, -0.1) is 0 Å². The van der Waals surface area contributed by atoms with Crippen molar-refractivity contribution in [2.45, 2.75) is 20.5 Å². The Kier molecular flexibility index (Phi) is 5.71. The summed E-state index contributed by atoms with van der Waals surface area (Å²) in [7, 11) is 2.70. The second kappa shape index (κ2) is 7.28. The number of carbonyl (C=O) groups excluding carboxylic acids is 3. The molecule has 0 spiro atoms. The maximum Gasteiger partial charge on any atom is 0.308 e. The van der Waals surface area contributed by atoms with Crippen LogP contribution in [0.2, 0.25) is 0 Å². The van der Waals surface area contributed by atoms with E-state index in [1.165, 1.54) is 34.1 Å². The van der Waals surface area contributed by atoms with Crippen molar-refractivity contribution >= 4 is 18.2 Å². The summed E-state index contributed by atoms with van der Waals surface area (Å²) in [4.78, 5) is 33.3. The molecule has 7 nitrogen and oxygen atoms in total. The minimum atomic E-state index is -0.587. The van der Waals surface area contributed by atoms with E-state index in [9.17, 15) is 14.4 Å². The van der Waals surface area contributed by atoms with Crippen LogP contribution in [0.15, 0.2) is 6.07 Å². The predicted molar refractivity (Wildman–Crippen MR) is 71.7 cm³/mol. The van der Waals surface area contributed by atoms with Crippen LogP contribution in [-0.2, 0) is 20.9 Å². The maximum absolute atomic E-state index is 11.3. The first-order valence-electron chi connectivity index (χ1n) is 5.99. The second-order valence-electron chi connectivity index (χ2n) is 4.01. The van der Waals surface area contributed by atoms with Crippen LogP contribution in [-0.4, -0.2) is 32.4 Å². The second-order valence-corrected chi connectivity index (χ2v) is 4.01. The highest BCUT2D eigenvalue weighted by molar-refractivity contribution is 5.86. The molecule has 0 aromatic heterocycles. The number of esters is 2. The van der Waals surface area contributed by atoms with Crippen molar-refractivity contribution in [1.82, 2.24) is 0 Å². The molecule has 1 aromatic rings. The minimum Gasteiger partial charge on any atom is -0.493 e. The van der Waals surface area contributed by atoms with Gasteiger partial charge in [-0.25, -0.2) is 0 Å². The average molecular weight is 296 g/mol. The average Bonchev–Trinajstić information content (AvgIpc) is 2.44. The molecule has 114 valence electrons. The van der Waals surface area contributed by atoms with Crippen LogP contribution in [0.3, 0.4) is 0 Å². The largest absolute Gasteiger partial charge is 0.493 e. The van der Waals surface area contributed by atoms with Gasteiger partial charge in [0.1, 0.15) is 6.61 Å². The molecule has 0 heterocycles. The van der Waals surface area contributed by atoms with Crippen LogP contribution < -0.4 is 14.2 Å². The van der Waals surface area contributed by atoms with Crippen molar-refractivity contribution in [3.05, 3.63) is 17.2 Å². The molecule has 1 rings (SSSR count). The van der Waals surface area contributed by atoms with Gasteiger partial charge in [0.25, 0.3) is 0 Å². The van der Waals surface area contributed by atoms with E-state index in [4.69, 9.17) is 18.9 Å². The molecule has 0 N–H and O–H groups in total. The molecule has 0 atom stereocenters. The molecule has 21 heavy (non-hydrogen) atoms. The Morgan fingerprint density at radius 1 is 1.10 bits per heavy atom. The summed E-state index contributed by atoms with van der Waals surface area (Å²) in [6.07, 6.45) is 0.532. The van der Waals surface area contributed by atoms with Gasteiger partial charge in [0.2, 0.25) is 5.75 Å². The van der Waals surface area contributed by atoms with E-state index in [1.807, 2.05) is 0 Å². The van der Waals surface area contributed by atoms with Gasteiger partial charge in [0.15, 0.2) is 17.8 Å². The first kappa shape index (κ1) is 16.5. The van der Waals surface area contributed by atoms with E-state index in [1.54, 1.807) is 0 Å². The van der Waals surface area contributed by atoms with Crippen LogP contribution in [0.4, 0.5) is 0 Å². The lowest BCUT2D eigenvalue weighted by molar-refractivity contribution is -0.142. The molecule has 0 amide bonds. The van der Waals surface area contributed by atoms with Crippen molar-refractivity contribution in [3.8, 4) is 17.2 Å². The van der Waals surface area contributed by atoms with E-state index < -0.39 is 11.9 Å². The molecule has 1 aromatic carbocycles. The standard InChI is InChI=1S/C14H16O7/c1-8(16)20-7-10-5-12(18-3)14(21-9(2)17)13(19-4)11(10)6-15/h5-6H,7H2,1-4H3. The van der Waals surface area contributed by atoms with Gasteiger partial charge >= 0.3 is 11.9 Å². The van der Waals surface area contributed by atoms with Gasteiger partial charge in [-0.1, -0.05) is 0 Å². The highest BCUT2D eigenvalue weighted by atomic mass is 16.6. The lowest BCUT2D eigenvalue weighted by atomic mass is 10.1. The van der Waals surface area contributed by atoms with Crippen LogP contribution >= 0.6 is 0 Å². The zero-order valence-electron chi connectivity index (χ0n) is 12.2. The van der Waals surface area contributed by atoms with Crippen molar-refractivity contribution in [2.24, 2.45) is 0 Å². The summed E-state index contributed by atoms with van der Waals surface area (Å²) in [6, 6.07) is 1.45. The topological polar surface area (TPSA) is 88.1 Å². The lowest BCUT2D eigenvalue weighted by Crippen LogP contribution is -2.09. The number of rotatable bonds is 6. The van der Waals surface area contributed by atoms with Gasteiger partial charge in [0.05, 0.1) is 19.8 Å². The third kappa shape index (κ3) is 3.95. The first-order chi connectivity index (χ1) is 9.94. The smallest absolute Gasteiger partial charge is 0.308 e. The Morgan fingerprint density at radius 2 is 1.76 bits per heavy atom. The summed E-state index contributed by atoms with van der Waals surface area (Å²) in [6.45, 7) is 2.34. The Labute approximate surface area is 121 Å². The van der Waals surface area contributed by atoms with Crippen LogP contribution in [0.25, 0.3) is 0 Å². The lowest BCUT2D eigenvalue weighted by Gasteiger charge is -2.17. The van der Waals surface area contributed by atoms with Crippen molar-refractivity contribution in [2.75, 3.05) is 14.2 Å². The molecule has 0 bridgehead atoms. The van der Waals surface area contributed by atoms with E-state index in [0.29, 0.717) is 11.8 Å². The molecule has 0 aliphatic heterocycles. The van der Waals surface area contributed by atoms with E-state index in [-0.39, 0.29) is 29.4 Å². The van der Waals surface area contributed by atoms with Crippen LogP contribution in [0.5, 0.6) is 17.2 Å². The van der Waals surface area contributed by atoms with Crippen molar-refractivity contribution in [1.29, 1.82) is 0 Å². The SMILES string of the molecule is COc1cc(COC(C)=O)c(C=O)c(OC)c1OC(C)=O. The van der Waals surface area contributed by atoms with Crippen LogP contribution in [0, 0.1) is 0 Å². The molecule has 0 radical (unpaired) electrons. The Hall–Kier alpha value is -2.57. The van der Waals surface area contributed by atoms with Gasteiger partial charge in [-0.05, 0) is 6.07 Å². The van der Waals surface area contributed by atoms with E-state index in [2.05, 4.69) is 0 Å². The zero-order valence-corrected chi connectivity index (χ0v) is 12.2. The quantitative estimate of drug-likeness (QED) is 0.446. The molecule has 7 heteroatoms. The van der Waals surface area contributed by atoms with Crippen LogP contribution in [0.1, 0.15) is 29.8 Å². The fourth-order valence-corrected chi connectivity index (χ4v) is 1.70. The summed E-state index contributed by atoms with van der Waals surface area (Å²) < 4.78 is 20.2. The molecule has 0 fully saturated rings. The molecular formula is C14H16O7. The van der Waals surface area contributed by atoms with Gasteiger partial charge in [-0.3, -0.25) is 14.4 Å². The van der Waals surface area contributed by atoms with Crippen molar-refractivity contribution in [3.63, 3.8) is 0 Å². The van der Waals surface area contributed by atoms with Gasteiger partial charge < -0.3 is 18.9 Å². The van der Waals surface area contributed by atoms with Gasteiger partial charge in [0, 0.05) is 19.4 Å². The molecular weight excluding hydrogens is 280 g/mol. The Morgan fingerprint density at radius 3 is 2.19 bits per heavy atom. The maximum atomic E-state index is 11.3. The van der Waals surface area contributed by atoms with Gasteiger partial charge in [-0.2, -0.15) is 0 Å². The fourth-order valence-electron chi connectivity index (χ4n) is 1.70. The first-order valence-corrected chi connectivity index (χ1v) is 5.99. The summed E-state index contributed by atoms with van der Waals surface area (Å²) in [5, 5.41) is 0. The highest BCUT2D eigenvalue weighted by Crippen LogP contribution is 2.41. The number of ether oxygens (including phenoxy) is 4. The number of methoxy groups -OCH3 is 2. The molecule has 0 saturated heterocycles. The molecule has 0 unspecified atom stereocenters. The summed E-state index contributed by atoms with van der Waals surface area (Å²) in [5.74, 6) is -0.845. The minimum absolute atomic E-state index is 0.00109. The number of hydrogen-bond donors (Lipinski definition) is 0. The Balaban J connectivity index is 3.43. The number of benzene rings is 1. The summed E-state index contributed by atoms with van der Waals surface area (Å²) in [5.41, 5.74) is 0.501. The molecule has 0 aliphatic carbocycles. The fraction of sp³-hybridized carbons (Fsp3) is 0.357. The van der Waals surface area contributed by atoms with Crippen molar-refractivity contribution < 1.29 is 33.3 Å². The summed E-state index contributed by atoms with van der Waals surface area (Å²) >= 11 is 0. The number of carbonyl (C=O) groups is 3. The monoisotopic (exact) mass is 296 g/mol. The number of hydrogen-bond acceptors (Lipinski definition) is 7. The third-order valence-electron chi connectivity index (χ3n) is 2.54. The van der Waals surface area contributed by atoms with E-state index in [0.717, 1.165) is 0 Å². The normalized spacial score (nSPS) is 9.71. The highest BCUT2D eigenvalue weighted by Gasteiger charge is 2.22. The number of aldehydes is 1. The zero-order chi connectivity index (χ0) is 16.0. The third-order valence-corrected chi connectivity index (χ3v) is 2.54.